The first-order valence-corrected chi connectivity index (χ1v) is 3.51. The number of aromatic nitrogens is 3. The molecule has 2 heterocycles. The minimum absolute atomic E-state index is 0.576. The second-order valence-corrected chi connectivity index (χ2v) is 2.46. The van der Waals surface area contributed by atoms with Crippen molar-refractivity contribution in [3.8, 4) is 6.07 Å². The van der Waals surface area contributed by atoms with Gasteiger partial charge in [0.2, 0.25) is 0 Å². The van der Waals surface area contributed by atoms with Gasteiger partial charge < -0.3 is 0 Å². The molecular weight excluding hydrogens is 152 g/mol. The van der Waals surface area contributed by atoms with Gasteiger partial charge in [-0.05, 0) is 6.92 Å². The molecule has 0 saturated carbocycles. The fourth-order valence-corrected chi connectivity index (χ4v) is 1.16. The summed E-state index contributed by atoms with van der Waals surface area (Å²) in [5.74, 6) is 0. The highest BCUT2D eigenvalue weighted by molar-refractivity contribution is 5.44. The van der Waals surface area contributed by atoms with Crippen LogP contribution in [0.1, 0.15) is 11.4 Å². The molecule has 0 aliphatic heterocycles. The topological polar surface area (TPSA) is 54.0 Å². The molecule has 0 aliphatic carbocycles. The van der Waals surface area contributed by atoms with Gasteiger partial charge >= 0.3 is 0 Å². The quantitative estimate of drug-likeness (QED) is 0.572. The first kappa shape index (κ1) is 6.80. The van der Waals surface area contributed by atoms with E-state index in [0.29, 0.717) is 11.3 Å². The lowest BCUT2D eigenvalue weighted by molar-refractivity contribution is 1.10. The summed E-state index contributed by atoms with van der Waals surface area (Å²) in [6.07, 6.45) is 5.00. The molecular formula is C8H6N4. The third-order valence-electron chi connectivity index (χ3n) is 1.71. The van der Waals surface area contributed by atoms with Crippen LogP contribution in [-0.4, -0.2) is 14.4 Å². The molecule has 4 nitrogen and oxygen atoms in total. The second-order valence-electron chi connectivity index (χ2n) is 2.46. The highest BCUT2D eigenvalue weighted by atomic mass is 15.0. The number of nitrogens with zero attached hydrogens (tertiary/aromatic N) is 4. The van der Waals surface area contributed by atoms with Crippen LogP contribution in [0.5, 0.6) is 0 Å². The molecule has 2 aromatic heterocycles. The number of nitriles is 1. The maximum atomic E-state index is 8.77. The van der Waals surface area contributed by atoms with Gasteiger partial charge in [-0.2, -0.15) is 5.26 Å². The third kappa shape index (κ3) is 0.768. The van der Waals surface area contributed by atoms with Crippen molar-refractivity contribution in [2.75, 3.05) is 0 Å². The molecule has 0 N–H and O–H groups in total. The minimum atomic E-state index is 0.576. The zero-order valence-corrected chi connectivity index (χ0v) is 6.52. The van der Waals surface area contributed by atoms with Gasteiger partial charge in [0, 0.05) is 12.4 Å². The molecule has 0 radical (unpaired) electrons. The molecule has 12 heavy (non-hydrogen) atoms. The van der Waals surface area contributed by atoms with Crippen molar-refractivity contribution in [2.45, 2.75) is 6.92 Å². The van der Waals surface area contributed by atoms with Gasteiger partial charge in [-0.3, -0.25) is 9.38 Å². The summed E-state index contributed by atoms with van der Waals surface area (Å²) in [6, 6.07) is 2.09. The predicted octanol–water partition coefficient (Wildman–Crippen LogP) is 0.909. The average molecular weight is 158 g/mol. The van der Waals surface area contributed by atoms with E-state index in [1.807, 2.05) is 6.92 Å². The minimum Gasteiger partial charge on any atom is -0.288 e. The summed E-state index contributed by atoms with van der Waals surface area (Å²) < 4.78 is 1.72. The van der Waals surface area contributed by atoms with Crippen molar-refractivity contribution in [1.82, 2.24) is 14.4 Å². The zero-order valence-electron chi connectivity index (χ0n) is 6.52. The maximum Gasteiger partial charge on any atom is 0.156 e. The molecule has 0 amide bonds. The van der Waals surface area contributed by atoms with Crippen molar-refractivity contribution in [3.63, 3.8) is 0 Å². The predicted molar refractivity (Wildman–Crippen MR) is 42.4 cm³/mol. The zero-order chi connectivity index (χ0) is 8.55. The number of hydrogen-bond donors (Lipinski definition) is 0. The molecule has 0 aliphatic rings. The van der Waals surface area contributed by atoms with Crippen molar-refractivity contribution in [3.05, 3.63) is 30.0 Å². The van der Waals surface area contributed by atoms with Crippen LogP contribution < -0.4 is 0 Å². The summed E-state index contributed by atoms with van der Waals surface area (Å²) in [4.78, 5) is 8.07. The Morgan fingerprint density at radius 1 is 1.58 bits per heavy atom. The van der Waals surface area contributed by atoms with E-state index in [2.05, 4.69) is 16.0 Å². The summed E-state index contributed by atoms with van der Waals surface area (Å²) in [5, 5.41) is 8.77. The lowest BCUT2D eigenvalue weighted by atomic mass is 10.4. The van der Waals surface area contributed by atoms with Crippen LogP contribution >= 0.6 is 0 Å². The average Bonchev–Trinajstić information content (AvgIpc) is 2.40. The number of aryl methyl sites for hydroxylation is 1. The Balaban J connectivity index is 2.93. The fraction of sp³-hybridized carbons (Fsp3) is 0.125. The van der Waals surface area contributed by atoms with E-state index < -0.39 is 0 Å². The lowest BCUT2D eigenvalue weighted by Gasteiger charge is -1.90. The highest BCUT2D eigenvalue weighted by Gasteiger charge is 2.05. The largest absolute Gasteiger partial charge is 0.288 e. The molecule has 2 rings (SSSR count). The first-order chi connectivity index (χ1) is 5.83. The number of rotatable bonds is 0. The van der Waals surface area contributed by atoms with E-state index in [1.54, 1.807) is 23.0 Å². The van der Waals surface area contributed by atoms with Gasteiger partial charge in [0.15, 0.2) is 5.65 Å². The van der Waals surface area contributed by atoms with Crippen molar-refractivity contribution in [1.29, 1.82) is 5.26 Å². The van der Waals surface area contributed by atoms with Crippen LogP contribution in [0.4, 0.5) is 0 Å². The van der Waals surface area contributed by atoms with E-state index in [1.165, 1.54) is 0 Å². The van der Waals surface area contributed by atoms with Gasteiger partial charge in [-0.25, -0.2) is 4.98 Å². The third-order valence-corrected chi connectivity index (χ3v) is 1.71. The molecule has 2 aromatic rings. The van der Waals surface area contributed by atoms with E-state index in [0.717, 1.165) is 5.69 Å². The Morgan fingerprint density at radius 2 is 2.42 bits per heavy atom. The molecule has 4 heteroatoms. The van der Waals surface area contributed by atoms with Crippen LogP contribution in [0.2, 0.25) is 0 Å². The van der Waals surface area contributed by atoms with Gasteiger partial charge in [-0.1, -0.05) is 0 Å². The normalized spacial score (nSPS) is 10.0. The van der Waals surface area contributed by atoms with E-state index in [9.17, 15) is 0 Å². The second kappa shape index (κ2) is 2.31. The molecule has 0 unspecified atom stereocenters. The van der Waals surface area contributed by atoms with Gasteiger partial charge in [0.1, 0.15) is 11.8 Å². The van der Waals surface area contributed by atoms with Gasteiger partial charge in [-0.15, -0.1) is 0 Å². The standard InChI is InChI=1S/C8H6N4/c1-6-7(4-9)12-3-2-10-5-8(12)11-6/h2-3,5H,1H3. The molecule has 0 atom stereocenters. The number of imidazole rings is 1. The van der Waals surface area contributed by atoms with Crippen LogP contribution in [0, 0.1) is 18.3 Å². The SMILES string of the molecule is Cc1nc2cnccn2c1C#N. The van der Waals surface area contributed by atoms with Crippen LogP contribution in [-0.2, 0) is 0 Å². The van der Waals surface area contributed by atoms with E-state index >= 15 is 0 Å². The Morgan fingerprint density at radius 3 is 3.17 bits per heavy atom. The fourth-order valence-electron chi connectivity index (χ4n) is 1.16. The van der Waals surface area contributed by atoms with Crippen molar-refractivity contribution in [2.24, 2.45) is 0 Å². The Hall–Kier alpha value is -1.89. The molecule has 0 bridgehead atoms. The molecule has 0 spiro atoms. The van der Waals surface area contributed by atoms with Crippen LogP contribution in [0.25, 0.3) is 5.65 Å². The summed E-state index contributed by atoms with van der Waals surface area (Å²) >= 11 is 0. The monoisotopic (exact) mass is 158 g/mol. The highest BCUT2D eigenvalue weighted by Crippen LogP contribution is 2.08. The van der Waals surface area contributed by atoms with Gasteiger partial charge in [0.25, 0.3) is 0 Å². The molecule has 58 valence electrons. The smallest absolute Gasteiger partial charge is 0.156 e. The number of hydrogen-bond acceptors (Lipinski definition) is 3. The summed E-state index contributed by atoms with van der Waals surface area (Å²) in [6.45, 7) is 1.81. The van der Waals surface area contributed by atoms with E-state index in [4.69, 9.17) is 5.26 Å². The first-order valence-electron chi connectivity index (χ1n) is 3.51. The maximum absolute atomic E-state index is 8.77. The van der Waals surface area contributed by atoms with E-state index in [-0.39, 0.29) is 0 Å². The van der Waals surface area contributed by atoms with Crippen molar-refractivity contribution >= 4 is 5.65 Å². The van der Waals surface area contributed by atoms with Crippen LogP contribution in [0.3, 0.4) is 0 Å². The molecule has 0 fully saturated rings. The Kier molecular flexibility index (Phi) is 1.31. The summed E-state index contributed by atoms with van der Waals surface area (Å²) in [5.41, 5.74) is 2.03. The molecule has 0 saturated heterocycles. The number of fused-ring (bicyclic) bond motifs is 1. The van der Waals surface area contributed by atoms with Gasteiger partial charge in [0.05, 0.1) is 11.9 Å². The Labute approximate surface area is 69.1 Å². The lowest BCUT2D eigenvalue weighted by Crippen LogP contribution is -1.88. The molecule has 0 aromatic carbocycles. The summed E-state index contributed by atoms with van der Waals surface area (Å²) in [7, 11) is 0. The Bertz CT molecular complexity index is 463. The van der Waals surface area contributed by atoms with Crippen molar-refractivity contribution < 1.29 is 0 Å². The van der Waals surface area contributed by atoms with Crippen LogP contribution in [0.15, 0.2) is 18.6 Å².